The summed E-state index contributed by atoms with van der Waals surface area (Å²) in [6.45, 7) is 10.9. The number of aromatic nitrogens is 4. The van der Waals surface area contributed by atoms with E-state index in [4.69, 9.17) is 0 Å². The highest BCUT2D eigenvalue weighted by Crippen LogP contribution is 2.34. The van der Waals surface area contributed by atoms with E-state index >= 15 is 0 Å². The van der Waals surface area contributed by atoms with Gasteiger partial charge in [0.25, 0.3) is 0 Å². The molecular weight excluding hydrogens is 288 g/mol. The van der Waals surface area contributed by atoms with E-state index in [1.807, 2.05) is 23.1 Å². The lowest BCUT2D eigenvalue weighted by atomic mass is 10.0. The molecule has 6 nitrogen and oxygen atoms in total. The first kappa shape index (κ1) is 14.6. The van der Waals surface area contributed by atoms with Crippen LogP contribution in [0.2, 0.25) is 0 Å². The predicted octanol–water partition coefficient (Wildman–Crippen LogP) is 1.36. The summed E-state index contributed by atoms with van der Waals surface area (Å²) in [4.78, 5) is 13.9. The Hall–Kier alpha value is -1.95. The van der Waals surface area contributed by atoms with Crippen molar-refractivity contribution < 1.29 is 0 Å². The monoisotopic (exact) mass is 312 g/mol. The molecule has 2 atom stereocenters. The minimum atomic E-state index is 0.766. The molecular formula is C17H24N6. The van der Waals surface area contributed by atoms with E-state index in [-0.39, 0.29) is 0 Å². The van der Waals surface area contributed by atoms with Gasteiger partial charge in [0.05, 0.1) is 6.54 Å². The van der Waals surface area contributed by atoms with E-state index in [9.17, 15) is 0 Å². The first-order valence-corrected chi connectivity index (χ1v) is 8.43. The van der Waals surface area contributed by atoms with Crippen LogP contribution in [0.15, 0.2) is 24.8 Å². The van der Waals surface area contributed by atoms with Crippen molar-refractivity contribution >= 4 is 5.82 Å². The molecule has 0 aromatic carbocycles. The fourth-order valence-corrected chi connectivity index (χ4v) is 3.97. The third-order valence-electron chi connectivity index (χ3n) is 5.38. The quantitative estimate of drug-likeness (QED) is 0.853. The van der Waals surface area contributed by atoms with Crippen molar-refractivity contribution in [2.75, 3.05) is 37.6 Å². The molecule has 2 unspecified atom stereocenters. The molecule has 2 aliphatic heterocycles. The van der Waals surface area contributed by atoms with Crippen LogP contribution in [0.5, 0.6) is 0 Å². The third kappa shape index (κ3) is 2.83. The maximum atomic E-state index is 4.53. The smallest absolute Gasteiger partial charge is 0.135 e. The average Bonchev–Trinajstić information content (AvgIpc) is 3.23. The second-order valence-electron chi connectivity index (χ2n) is 6.86. The number of anilines is 1. The molecule has 23 heavy (non-hydrogen) atoms. The van der Waals surface area contributed by atoms with Gasteiger partial charge in [-0.2, -0.15) is 5.10 Å². The molecule has 0 bridgehead atoms. The van der Waals surface area contributed by atoms with Gasteiger partial charge in [0.15, 0.2) is 0 Å². The Kier molecular flexibility index (Phi) is 3.77. The zero-order chi connectivity index (χ0) is 15.8. The third-order valence-corrected chi connectivity index (χ3v) is 5.38. The number of likely N-dealkylation sites (tertiary alicyclic amines) is 1. The molecule has 2 aromatic rings. The Morgan fingerprint density at radius 3 is 2.52 bits per heavy atom. The average molecular weight is 312 g/mol. The summed E-state index contributed by atoms with van der Waals surface area (Å²) in [6, 6.07) is 1.99. The van der Waals surface area contributed by atoms with Gasteiger partial charge in [0.2, 0.25) is 0 Å². The van der Waals surface area contributed by atoms with Crippen molar-refractivity contribution in [3.63, 3.8) is 0 Å². The summed E-state index contributed by atoms with van der Waals surface area (Å²) in [7, 11) is 0. The van der Waals surface area contributed by atoms with Crippen molar-refractivity contribution in [2.24, 2.45) is 11.8 Å². The highest BCUT2D eigenvalue weighted by molar-refractivity contribution is 5.48. The summed E-state index contributed by atoms with van der Waals surface area (Å²) in [5, 5.41) is 4.29. The second-order valence-corrected chi connectivity index (χ2v) is 6.86. The number of aryl methyl sites for hydroxylation is 1. The lowest BCUT2D eigenvalue weighted by Gasteiger charge is -2.23. The van der Waals surface area contributed by atoms with Gasteiger partial charge in [0.1, 0.15) is 12.1 Å². The lowest BCUT2D eigenvalue weighted by Crippen LogP contribution is -2.31. The fourth-order valence-electron chi connectivity index (χ4n) is 3.97. The predicted molar refractivity (Wildman–Crippen MR) is 89.4 cm³/mol. The van der Waals surface area contributed by atoms with E-state index in [1.165, 1.54) is 18.7 Å². The topological polar surface area (TPSA) is 50.1 Å². The van der Waals surface area contributed by atoms with Crippen molar-refractivity contribution in [1.82, 2.24) is 24.6 Å². The zero-order valence-corrected chi connectivity index (χ0v) is 13.9. The Bertz CT molecular complexity index is 654. The van der Waals surface area contributed by atoms with Crippen LogP contribution in [0.1, 0.15) is 11.3 Å². The SMILES string of the molecule is Cc1ncnc(N2CC3CN(CCn4cccn4)CC3C2)c1C. The number of hydrogen-bond donors (Lipinski definition) is 0. The molecule has 0 saturated carbocycles. The van der Waals surface area contributed by atoms with E-state index in [1.54, 1.807) is 6.33 Å². The van der Waals surface area contributed by atoms with Gasteiger partial charge in [-0.3, -0.25) is 4.68 Å². The number of hydrogen-bond acceptors (Lipinski definition) is 5. The van der Waals surface area contributed by atoms with Gasteiger partial charge in [-0.15, -0.1) is 0 Å². The summed E-state index contributed by atoms with van der Waals surface area (Å²) in [5.41, 5.74) is 2.32. The molecule has 4 rings (SSSR count). The Labute approximate surface area is 137 Å². The van der Waals surface area contributed by atoms with Crippen LogP contribution < -0.4 is 4.90 Å². The van der Waals surface area contributed by atoms with Crippen LogP contribution in [0.3, 0.4) is 0 Å². The zero-order valence-electron chi connectivity index (χ0n) is 13.9. The van der Waals surface area contributed by atoms with Gasteiger partial charge in [-0.05, 0) is 31.7 Å². The number of rotatable bonds is 4. The van der Waals surface area contributed by atoms with Crippen molar-refractivity contribution in [3.05, 3.63) is 36.0 Å². The highest BCUT2D eigenvalue weighted by Gasteiger charge is 2.40. The summed E-state index contributed by atoms with van der Waals surface area (Å²) >= 11 is 0. The van der Waals surface area contributed by atoms with E-state index in [2.05, 4.69) is 38.7 Å². The normalized spacial score (nSPS) is 24.3. The molecule has 4 heterocycles. The molecule has 0 amide bonds. The first-order chi connectivity index (χ1) is 11.2. The Morgan fingerprint density at radius 2 is 1.83 bits per heavy atom. The number of fused-ring (bicyclic) bond motifs is 1. The van der Waals surface area contributed by atoms with Crippen LogP contribution in [-0.2, 0) is 6.54 Å². The van der Waals surface area contributed by atoms with Crippen molar-refractivity contribution in [3.8, 4) is 0 Å². The lowest BCUT2D eigenvalue weighted by molar-refractivity contribution is 0.296. The summed E-state index contributed by atoms with van der Waals surface area (Å²) < 4.78 is 2.02. The van der Waals surface area contributed by atoms with E-state index in [0.29, 0.717) is 0 Å². The standard InChI is InChI=1S/C17H24N6/c1-13-14(2)18-12-19-17(13)22-10-15-8-21(9-16(15)11-22)6-7-23-5-3-4-20-23/h3-5,12,15-16H,6-11H2,1-2H3. The maximum Gasteiger partial charge on any atom is 0.135 e. The molecule has 122 valence electrons. The molecule has 6 heteroatoms. The van der Waals surface area contributed by atoms with E-state index in [0.717, 1.165) is 49.5 Å². The van der Waals surface area contributed by atoms with Crippen LogP contribution in [-0.4, -0.2) is 57.4 Å². The summed E-state index contributed by atoms with van der Waals surface area (Å²) in [5.74, 6) is 2.67. The first-order valence-electron chi connectivity index (χ1n) is 8.43. The molecule has 0 radical (unpaired) electrons. The molecule has 2 saturated heterocycles. The summed E-state index contributed by atoms with van der Waals surface area (Å²) in [6.07, 6.45) is 5.59. The van der Waals surface area contributed by atoms with Crippen molar-refractivity contribution in [1.29, 1.82) is 0 Å². The largest absolute Gasteiger partial charge is 0.356 e. The minimum Gasteiger partial charge on any atom is -0.356 e. The van der Waals surface area contributed by atoms with Gasteiger partial charge in [-0.1, -0.05) is 0 Å². The maximum absolute atomic E-state index is 4.53. The molecule has 0 spiro atoms. The fraction of sp³-hybridized carbons (Fsp3) is 0.588. The molecule has 0 aliphatic carbocycles. The molecule has 2 aromatic heterocycles. The van der Waals surface area contributed by atoms with Crippen LogP contribution in [0.4, 0.5) is 5.82 Å². The van der Waals surface area contributed by atoms with Gasteiger partial charge in [0, 0.05) is 56.4 Å². The van der Waals surface area contributed by atoms with E-state index < -0.39 is 0 Å². The van der Waals surface area contributed by atoms with Crippen molar-refractivity contribution in [2.45, 2.75) is 20.4 Å². The highest BCUT2D eigenvalue weighted by atomic mass is 15.3. The minimum absolute atomic E-state index is 0.766. The Morgan fingerprint density at radius 1 is 1.04 bits per heavy atom. The van der Waals surface area contributed by atoms with Gasteiger partial charge >= 0.3 is 0 Å². The molecule has 2 aliphatic rings. The molecule has 0 N–H and O–H groups in total. The van der Waals surface area contributed by atoms with Gasteiger partial charge < -0.3 is 9.80 Å². The van der Waals surface area contributed by atoms with Gasteiger partial charge in [-0.25, -0.2) is 9.97 Å². The van der Waals surface area contributed by atoms with Crippen LogP contribution >= 0.6 is 0 Å². The Balaban J connectivity index is 1.35. The van der Waals surface area contributed by atoms with Crippen LogP contribution in [0, 0.1) is 25.7 Å². The second kappa shape index (κ2) is 5.92. The molecule has 2 fully saturated rings. The number of nitrogens with zero attached hydrogens (tertiary/aromatic N) is 6. The van der Waals surface area contributed by atoms with Crippen LogP contribution in [0.25, 0.3) is 0 Å².